The fourth-order valence-electron chi connectivity index (χ4n) is 2.23. The van der Waals surface area contributed by atoms with Crippen LogP contribution in [0.4, 0.5) is 0 Å². The number of benzene rings is 1. The maximum absolute atomic E-state index is 11.9. The second-order valence-corrected chi connectivity index (χ2v) is 4.80. The van der Waals surface area contributed by atoms with Crippen LogP contribution in [0.15, 0.2) is 24.3 Å². The highest BCUT2D eigenvalue weighted by atomic mass is 16.5. The summed E-state index contributed by atoms with van der Waals surface area (Å²) in [5.41, 5.74) is 1.05. The number of rotatable bonds is 4. The van der Waals surface area contributed by atoms with Crippen LogP contribution in [0, 0.1) is 0 Å². The molecule has 1 aromatic carbocycles. The maximum Gasteiger partial charge on any atom is 0.223 e. The molecular formula is C14H19NO3. The molecule has 1 aromatic rings. The number of carbonyl (C=O) groups is 1. The van der Waals surface area contributed by atoms with E-state index in [1.165, 1.54) is 0 Å². The Morgan fingerprint density at radius 2 is 2.17 bits per heavy atom. The van der Waals surface area contributed by atoms with Gasteiger partial charge in [-0.15, -0.1) is 0 Å². The second-order valence-electron chi connectivity index (χ2n) is 4.80. The van der Waals surface area contributed by atoms with Crippen molar-refractivity contribution in [2.45, 2.75) is 25.4 Å². The van der Waals surface area contributed by atoms with Gasteiger partial charge in [-0.3, -0.25) is 4.79 Å². The van der Waals surface area contributed by atoms with E-state index in [1.807, 2.05) is 31.2 Å². The summed E-state index contributed by atoms with van der Waals surface area (Å²) in [6.07, 6.45) is 0.114. The van der Waals surface area contributed by atoms with Gasteiger partial charge < -0.3 is 14.7 Å². The number of ether oxygens (including phenoxy) is 1. The van der Waals surface area contributed by atoms with E-state index >= 15 is 0 Å². The van der Waals surface area contributed by atoms with Crippen molar-refractivity contribution in [1.29, 1.82) is 0 Å². The summed E-state index contributed by atoms with van der Waals surface area (Å²) in [6, 6.07) is 7.76. The van der Waals surface area contributed by atoms with Crippen molar-refractivity contribution < 1.29 is 14.6 Å². The number of aliphatic hydroxyl groups excluding tert-OH is 1. The van der Waals surface area contributed by atoms with Crippen molar-refractivity contribution >= 4 is 5.91 Å². The highest BCUT2D eigenvalue weighted by Crippen LogP contribution is 2.29. The first kappa shape index (κ1) is 12.9. The fourth-order valence-corrected chi connectivity index (χ4v) is 2.23. The van der Waals surface area contributed by atoms with Crippen LogP contribution < -0.4 is 4.74 Å². The smallest absolute Gasteiger partial charge is 0.223 e. The van der Waals surface area contributed by atoms with Gasteiger partial charge in [-0.1, -0.05) is 25.1 Å². The van der Waals surface area contributed by atoms with Gasteiger partial charge in [0.1, 0.15) is 5.75 Å². The fraction of sp³-hybridized carbons (Fsp3) is 0.500. The van der Waals surface area contributed by atoms with Gasteiger partial charge in [0.05, 0.1) is 13.2 Å². The normalized spacial score (nSPS) is 17.2. The lowest BCUT2D eigenvalue weighted by Gasteiger charge is -2.36. The summed E-state index contributed by atoms with van der Waals surface area (Å²) >= 11 is 0. The maximum atomic E-state index is 11.9. The summed E-state index contributed by atoms with van der Waals surface area (Å²) in [7, 11) is 1.64. The Balaban J connectivity index is 1.98. The zero-order chi connectivity index (χ0) is 13.1. The van der Waals surface area contributed by atoms with E-state index in [0.29, 0.717) is 19.5 Å². The van der Waals surface area contributed by atoms with Crippen LogP contribution in [0.5, 0.6) is 5.75 Å². The van der Waals surface area contributed by atoms with E-state index in [0.717, 1.165) is 11.3 Å². The zero-order valence-corrected chi connectivity index (χ0v) is 10.8. The minimum absolute atomic E-state index is 0.0960. The van der Waals surface area contributed by atoms with Gasteiger partial charge in [0.25, 0.3) is 0 Å². The lowest BCUT2D eigenvalue weighted by molar-refractivity contribution is -0.141. The molecule has 98 valence electrons. The Morgan fingerprint density at radius 1 is 1.50 bits per heavy atom. The van der Waals surface area contributed by atoms with Gasteiger partial charge in [-0.05, 0) is 17.5 Å². The highest BCUT2D eigenvalue weighted by Gasteiger charge is 2.29. The summed E-state index contributed by atoms with van der Waals surface area (Å²) in [6.45, 7) is 2.96. The topological polar surface area (TPSA) is 49.8 Å². The third-order valence-electron chi connectivity index (χ3n) is 3.37. The lowest BCUT2D eigenvalue weighted by atomic mass is 9.95. The van der Waals surface area contributed by atoms with Crippen molar-refractivity contribution in [3.8, 4) is 5.75 Å². The van der Waals surface area contributed by atoms with Crippen molar-refractivity contribution in [3.63, 3.8) is 0 Å². The number of aliphatic hydroxyl groups is 1. The van der Waals surface area contributed by atoms with E-state index in [9.17, 15) is 9.90 Å². The Kier molecular flexibility index (Phi) is 3.87. The molecule has 18 heavy (non-hydrogen) atoms. The third kappa shape index (κ3) is 2.64. The van der Waals surface area contributed by atoms with E-state index in [2.05, 4.69) is 0 Å². The quantitative estimate of drug-likeness (QED) is 0.877. The number of hydrogen-bond donors (Lipinski definition) is 1. The minimum Gasteiger partial charge on any atom is -0.496 e. The minimum atomic E-state index is -0.337. The Morgan fingerprint density at radius 3 is 2.78 bits per heavy atom. The molecule has 1 saturated heterocycles. The largest absolute Gasteiger partial charge is 0.496 e. The van der Waals surface area contributed by atoms with Gasteiger partial charge in [0.2, 0.25) is 5.91 Å². The molecule has 1 unspecified atom stereocenters. The third-order valence-corrected chi connectivity index (χ3v) is 3.37. The molecule has 1 heterocycles. The Bertz CT molecular complexity index is 427. The van der Waals surface area contributed by atoms with Crippen LogP contribution in [0.2, 0.25) is 0 Å². The zero-order valence-electron chi connectivity index (χ0n) is 10.8. The monoisotopic (exact) mass is 249 g/mol. The Labute approximate surface area is 107 Å². The molecule has 1 aliphatic heterocycles. The molecule has 1 fully saturated rings. The number of para-hydroxylation sites is 1. The van der Waals surface area contributed by atoms with E-state index in [1.54, 1.807) is 12.0 Å². The van der Waals surface area contributed by atoms with Gasteiger partial charge in [-0.2, -0.15) is 0 Å². The molecule has 1 amide bonds. The van der Waals surface area contributed by atoms with Crippen LogP contribution in [0.1, 0.15) is 24.8 Å². The van der Waals surface area contributed by atoms with Crippen LogP contribution in [-0.4, -0.2) is 42.2 Å². The average Bonchev–Trinajstić information content (AvgIpc) is 2.34. The van der Waals surface area contributed by atoms with Crippen molar-refractivity contribution in [2.75, 3.05) is 20.2 Å². The molecule has 0 spiro atoms. The average molecular weight is 249 g/mol. The molecule has 4 heteroatoms. The molecule has 1 aliphatic rings. The van der Waals surface area contributed by atoms with Crippen LogP contribution >= 0.6 is 0 Å². The van der Waals surface area contributed by atoms with Gasteiger partial charge >= 0.3 is 0 Å². The number of likely N-dealkylation sites (tertiary alicyclic amines) is 1. The van der Waals surface area contributed by atoms with E-state index in [4.69, 9.17) is 4.74 Å². The van der Waals surface area contributed by atoms with Gasteiger partial charge in [0.15, 0.2) is 0 Å². The molecule has 0 aromatic heterocycles. The first-order valence-electron chi connectivity index (χ1n) is 6.20. The number of carbonyl (C=O) groups excluding carboxylic acids is 1. The number of hydrogen-bond acceptors (Lipinski definition) is 3. The van der Waals surface area contributed by atoms with Crippen molar-refractivity contribution in [2.24, 2.45) is 0 Å². The molecular weight excluding hydrogens is 230 g/mol. The molecule has 0 bridgehead atoms. The standard InChI is InChI=1S/C14H19NO3/c1-10(7-14(17)15-8-11(16)9-15)12-5-3-4-6-13(12)18-2/h3-6,10-11,16H,7-9H2,1-2H3. The van der Waals surface area contributed by atoms with Crippen LogP contribution in [0.3, 0.4) is 0 Å². The SMILES string of the molecule is COc1ccccc1C(C)CC(=O)N1CC(O)C1. The molecule has 0 saturated carbocycles. The summed E-state index contributed by atoms with van der Waals surface area (Å²) in [4.78, 5) is 13.6. The van der Waals surface area contributed by atoms with Gasteiger partial charge in [0, 0.05) is 19.5 Å². The number of β-amino-alcohol motifs (C(OH)–C–C–N with tert-alkyl or cyclic N) is 1. The summed E-state index contributed by atoms with van der Waals surface area (Å²) < 4.78 is 5.30. The molecule has 1 atom stereocenters. The van der Waals surface area contributed by atoms with Crippen LogP contribution in [-0.2, 0) is 4.79 Å². The van der Waals surface area contributed by atoms with Gasteiger partial charge in [-0.25, -0.2) is 0 Å². The number of methoxy groups -OCH3 is 1. The van der Waals surface area contributed by atoms with E-state index in [-0.39, 0.29) is 17.9 Å². The molecule has 0 radical (unpaired) electrons. The summed E-state index contributed by atoms with van der Waals surface area (Å²) in [5, 5.41) is 9.19. The van der Waals surface area contributed by atoms with Crippen molar-refractivity contribution in [3.05, 3.63) is 29.8 Å². The number of amides is 1. The second kappa shape index (κ2) is 5.40. The van der Waals surface area contributed by atoms with E-state index < -0.39 is 0 Å². The first-order chi connectivity index (χ1) is 8.61. The number of nitrogens with zero attached hydrogens (tertiary/aromatic N) is 1. The van der Waals surface area contributed by atoms with Crippen LogP contribution in [0.25, 0.3) is 0 Å². The highest BCUT2D eigenvalue weighted by molar-refractivity contribution is 5.78. The van der Waals surface area contributed by atoms with Crippen molar-refractivity contribution in [1.82, 2.24) is 4.90 Å². The first-order valence-corrected chi connectivity index (χ1v) is 6.20. The molecule has 1 N–H and O–H groups in total. The summed E-state index contributed by atoms with van der Waals surface area (Å²) in [5.74, 6) is 1.03. The Hall–Kier alpha value is -1.55. The predicted molar refractivity (Wildman–Crippen MR) is 68.6 cm³/mol. The molecule has 0 aliphatic carbocycles. The molecule has 4 nitrogen and oxygen atoms in total. The lowest BCUT2D eigenvalue weighted by Crippen LogP contribution is -2.53. The predicted octanol–water partition coefficient (Wildman–Crippen LogP) is 1.39. The molecule has 2 rings (SSSR count).